The van der Waals surface area contributed by atoms with Gasteiger partial charge in [0.25, 0.3) is 5.91 Å². The van der Waals surface area contributed by atoms with E-state index in [1.165, 1.54) is 0 Å². The quantitative estimate of drug-likeness (QED) is 0.573. The van der Waals surface area contributed by atoms with Crippen LogP contribution in [0.5, 0.6) is 0 Å². The molecule has 3 aliphatic rings. The zero-order valence-electron chi connectivity index (χ0n) is 22.0. The molecule has 2 atom stereocenters. The van der Waals surface area contributed by atoms with Crippen LogP contribution in [0.15, 0.2) is 42.5 Å². The monoisotopic (exact) mass is 514 g/mol. The maximum Gasteiger partial charge on any atom is 0.255 e. The Morgan fingerprint density at radius 1 is 1.11 bits per heavy atom. The van der Waals surface area contributed by atoms with E-state index < -0.39 is 17.6 Å². The number of hydrogen-bond acceptors (Lipinski definition) is 6. The number of piperidine rings is 2. The van der Waals surface area contributed by atoms with Gasteiger partial charge in [-0.1, -0.05) is 38.1 Å². The summed E-state index contributed by atoms with van der Waals surface area (Å²) >= 11 is 0. The molecule has 0 spiro atoms. The number of carbonyl (C=O) groups is 3. The number of nitrogens with one attached hydrogen (secondary N) is 1. The Labute approximate surface area is 223 Å². The van der Waals surface area contributed by atoms with E-state index in [9.17, 15) is 19.5 Å². The molecule has 0 aromatic heterocycles. The van der Waals surface area contributed by atoms with Crippen molar-refractivity contribution < 1.29 is 19.5 Å². The third-order valence-corrected chi connectivity index (χ3v) is 9.04. The van der Waals surface area contributed by atoms with Gasteiger partial charge in [0.05, 0.1) is 17.2 Å². The van der Waals surface area contributed by atoms with Gasteiger partial charge in [0, 0.05) is 43.6 Å². The Balaban J connectivity index is 1.38. The van der Waals surface area contributed by atoms with Crippen molar-refractivity contribution in [2.75, 3.05) is 13.1 Å². The third-order valence-electron chi connectivity index (χ3n) is 9.04. The van der Waals surface area contributed by atoms with Gasteiger partial charge in [0.15, 0.2) is 0 Å². The van der Waals surface area contributed by atoms with Crippen molar-refractivity contribution in [1.82, 2.24) is 15.1 Å². The molecule has 198 valence electrons. The van der Waals surface area contributed by atoms with Gasteiger partial charge in [-0.15, -0.1) is 0 Å². The molecule has 2 fully saturated rings. The van der Waals surface area contributed by atoms with Crippen molar-refractivity contribution in [3.8, 4) is 6.07 Å². The summed E-state index contributed by atoms with van der Waals surface area (Å²) in [4.78, 5) is 41.1. The van der Waals surface area contributed by atoms with Crippen molar-refractivity contribution in [2.45, 2.75) is 70.7 Å². The summed E-state index contributed by atoms with van der Waals surface area (Å²) in [5.41, 5.74) is 2.53. The Hall–Kier alpha value is -3.54. The molecule has 0 radical (unpaired) electrons. The number of carbonyl (C=O) groups excluding carboxylic acids is 3. The first-order valence-electron chi connectivity index (χ1n) is 13.5. The highest BCUT2D eigenvalue weighted by Gasteiger charge is 2.53. The molecule has 0 bridgehead atoms. The van der Waals surface area contributed by atoms with Gasteiger partial charge in [0.1, 0.15) is 6.04 Å². The maximum absolute atomic E-state index is 13.2. The SMILES string of the molecule is CCC1(CC)CN(Cc2ccc(C#N)cc2)CC[C@@]1(O)c1ccc2c(c1)CN([C@@H]1CCC(=O)NC1=O)C2=O. The van der Waals surface area contributed by atoms with Crippen LogP contribution in [-0.2, 0) is 28.3 Å². The molecule has 8 heteroatoms. The lowest BCUT2D eigenvalue weighted by Crippen LogP contribution is -2.57. The van der Waals surface area contributed by atoms with E-state index in [4.69, 9.17) is 5.26 Å². The van der Waals surface area contributed by atoms with Crippen LogP contribution >= 0.6 is 0 Å². The molecule has 0 unspecified atom stereocenters. The number of nitriles is 1. The van der Waals surface area contributed by atoms with Crippen LogP contribution in [0.25, 0.3) is 0 Å². The number of rotatable bonds is 6. The molecule has 38 heavy (non-hydrogen) atoms. The van der Waals surface area contributed by atoms with E-state index in [-0.39, 0.29) is 23.7 Å². The van der Waals surface area contributed by atoms with E-state index in [1.54, 1.807) is 11.0 Å². The maximum atomic E-state index is 13.2. The minimum Gasteiger partial charge on any atom is -0.384 e. The van der Waals surface area contributed by atoms with Crippen LogP contribution in [0, 0.1) is 16.7 Å². The standard InChI is InChI=1S/C30H34N4O4/c1-3-29(4-2)19-33(17-21-7-5-20(16-31)6-8-21)14-13-30(29,38)23-9-10-24-22(15-23)18-34(28(24)37)25-11-12-26(35)32-27(25)36/h5-10,15,25,38H,3-4,11-14,17-19H2,1-2H3,(H,32,35,36)/t25-,30-/m1/s1. The van der Waals surface area contributed by atoms with Gasteiger partial charge in [-0.3, -0.25) is 24.6 Å². The molecular weight excluding hydrogens is 480 g/mol. The summed E-state index contributed by atoms with van der Waals surface area (Å²) in [5, 5.41) is 23.8. The summed E-state index contributed by atoms with van der Waals surface area (Å²) < 4.78 is 0. The van der Waals surface area contributed by atoms with Crippen molar-refractivity contribution >= 4 is 17.7 Å². The van der Waals surface area contributed by atoms with E-state index in [2.05, 4.69) is 30.1 Å². The smallest absolute Gasteiger partial charge is 0.255 e. The number of aliphatic hydroxyl groups is 1. The van der Waals surface area contributed by atoms with Crippen LogP contribution in [0.4, 0.5) is 0 Å². The molecule has 5 rings (SSSR count). The number of benzene rings is 2. The summed E-state index contributed by atoms with van der Waals surface area (Å²) in [6.07, 6.45) is 2.69. The molecule has 2 saturated heterocycles. The van der Waals surface area contributed by atoms with Crippen molar-refractivity contribution in [2.24, 2.45) is 5.41 Å². The fraction of sp³-hybridized carbons (Fsp3) is 0.467. The fourth-order valence-corrected chi connectivity index (χ4v) is 6.64. The molecule has 0 saturated carbocycles. The number of imide groups is 1. The molecule has 0 aliphatic carbocycles. The first-order valence-corrected chi connectivity index (χ1v) is 13.5. The van der Waals surface area contributed by atoms with Gasteiger partial charge in [-0.05, 0) is 60.6 Å². The van der Waals surface area contributed by atoms with Crippen LogP contribution in [0.3, 0.4) is 0 Å². The molecule has 2 aromatic rings. The van der Waals surface area contributed by atoms with Crippen molar-refractivity contribution in [1.29, 1.82) is 5.26 Å². The fourth-order valence-electron chi connectivity index (χ4n) is 6.64. The van der Waals surface area contributed by atoms with Crippen LogP contribution in [0.2, 0.25) is 0 Å². The van der Waals surface area contributed by atoms with Crippen molar-refractivity contribution in [3.05, 3.63) is 70.3 Å². The molecular formula is C30H34N4O4. The van der Waals surface area contributed by atoms with E-state index in [1.807, 2.05) is 36.4 Å². The number of nitrogens with zero attached hydrogens (tertiary/aromatic N) is 3. The molecule has 3 amide bonds. The summed E-state index contributed by atoms with van der Waals surface area (Å²) in [5.74, 6) is -0.935. The van der Waals surface area contributed by atoms with Gasteiger partial charge >= 0.3 is 0 Å². The van der Waals surface area contributed by atoms with Crippen molar-refractivity contribution in [3.63, 3.8) is 0 Å². The van der Waals surface area contributed by atoms with Gasteiger partial charge in [-0.25, -0.2) is 0 Å². The second-order valence-corrected chi connectivity index (χ2v) is 10.9. The molecule has 2 N–H and O–H groups in total. The number of likely N-dealkylation sites (tertiary alicyclic amines) is 1. The summed E-state index contributed by atoms with van der Waals surface area (Å²) in [7, 11) is 0. The highest BCUT2D eigenvalue weighted by atomic mass is 16.3. The highest BCUT2D eigenvalue weighted by molar-refractivity contribution is 6.05. The zero-order valence-corrected chi connectivity index (χ0v) is 22.0. The first kappa shape index (κ1) is 26.1. The third kappa shape index (κ3) is 4.30. The first-order chi connectivity index (χ1) is 18.2. The number of fused-ring (bicyclic) bond motifs is 1. The second kappa shape index (κ2) is 9.97. The minimum atomic E-state index is -1.06. The second-order valence-electron chi connectivity index (χ2n) is 10.9. The summed E-state index contributed by atoms with van der Waals surface area (Å²) in [6.45, 7) is 6.75. The summed E-state index contributed by atoms with van der Waals surface area (Å²) in [6, 6.07) is 14.8. The molecule has 8 nitrogen and oxygen atoms in total. The highest BCUT2D eigenvalue weighted by Crippen LogP contribution is 2.51. The van der Waals surface area contributed by atoms with Crippen LogP contribution < -0.4 is 5.32 Å². The lowest BCUT2D eigenvalue weighted by molar-refractivity contribution is -0.148. The predicted octanol–water partition coefficient (Wildman–Crippen LogP) is 3.22. The van der Waals surface area contributed by atoms with E-state index in [0.29, 0.717) is 30.5 Å². The Morgan fingerprint density at radius 3 is 2.50 bits per heavy atom. The number of hydrogen-bond donors (Lipinski definition) is 2. The van der Waals surface area contributed by atoms with Gasteiger partial charge < -0.3 is 10.0 Å². The Morgan fingerprint density at radius 2 is 1.84 bits per heavy atom. The Bertz CT molecular complexity index is 1310. The topological polar surface area (TPSA) is 114 Å². The van der Waals surface area contributed by atoms with Gasteiger partial charge in [-0.2, -0.15) is 5.26 Å². The Kier molecular flexibility index (Phi) is 6.84. The van der Waals surface area contributed by atoms with E-state index in [0.717, 1.165) is 49.2 Å². The average Bonchev–Trinajstić information content (AvgIpc) is 3.25. The molecule has 3 heterocycles. The van der Waals surface area contributed by atoms with Crippen LogP contribution in [0.1, 0.15) is 78.6 Å². The van der Waals surface area contributed by atoms with Gasteiger partial charge in [0.2, 0.25) is 11.8 Å². The molecule has 2 aromatic carbocycles. The molecule has 3 aliphatic heterocycles. The average molecular weight is 515 g/mol. The lowest BCUT2D eigenvalue weighted by atomic mass is 9.61. The predicted molar refractivity (Wildman–Crippen MR) is 140 cm³/mol. The van der Waals surface area contributed by atoms with Crippen LogP contribution in [-0.4, -0.2) is 51.8 Å². The largest absolute Gasteiger partial charge is 0.384 e. The minimum absolute atomic E-state index is 0.206. The lowest BCUT2D eigenvalue weighted by Gasteiger charge is -2.54. The number of amides is 3. The normalized spacial score (nSPS) is 25.2. The van der Waals surface area contributed by atoms with E-state index >= 15 is 0 Å². The zero-order chi connectivity index (χ0) is 27.1.